The van der Waals surface area contributed by atoms with Gasteiger partial charge >= 0.3 is 0 Å². The summed E-state index contributed by atoms with van der Waals surface area (Å²) < 4.78 is 6.65. The van der Waals surface area contributed by atoms with Gasteiger partial charge in [0.05, 0.1) is 17.0 Å². The molecule has 0 bridgehead atoms. The average Bonchev–Trinajstić information content (AvgIpc) is 3.30. The lowest BCUT2D eigenvalue weighted by Crippen LogP contribution is -1.90. The van der Waals surface area contributed by atoms with Crippen molar-refractivity contribution in [3.8, 4) is 33.8 Å². The molecule has 0 saturated carbocycles. The van der Waals surface area contributed by atoms with Gasteiger partial charge in [-0.2, -0.15) is 5.10 Å². The van der Waals surface area contributed by atoms with E-state index in [0.29, 0.717) is 0 Å². The number of aromatic nitrogens is 3. The molecule has 0 saturated heterocycles. The third-order valence-electron chi connectivity index (χ3n) is 4.75. The number of hydrogen-bond acceptors (Lipinski definition) is 3. The molecule has 122 valence electrons. The van der Waals surface area contributed by atoms with Crippen molar-refractivity contribution in [3.63, 3.8) is 0 Å². The van der Waals surface area contributed by atoms with Gasteiger partial charge < -0.3 is 4.52 Å². The van der Waals surface area contributed by atoms with Crippen molar-refractivity contribution < 1.29 is 4.52 Å². The van der Waals surface area contributed by atoms with Crippen LogP contribution in [-0.4, -0.2) is 15.4 Å². The fraction of sp³-hybridized carbons (Fsp3) is 0.100. The standard InChI is InChI=1S/C20H14BrN3O/c1-11-17(18(24-25-11)12-6-3-2-4-7-12)20-15-10-14-13(19(15)22-23-20)8-5-9-16(14)21/h2-9H,10H2,1H3,(H,22,23). The number of H-pyrrole nitrogens is 1. The van der Waals surface area contributed by atoms with E-state index in [2.05, 4.69) is 43.4 Å². The Balaban J connectivity index is 1.71. The molecule has 4 aromatic rings. The minimum absolute atomic E-state index is 0.792. The topological polar surface area (TPSA) is 54.7 Å². The van der Waals surface area contributed by atoms with E-state index in [1.54, 1.807) is 0 Å². The zero-order valence-corrected chi connectivity index (χ0v) is 15.1. The van der Waals surface area contributed by atoms with E-state index < -0.39 is 0 Å². The van der Waals surface area contributed by atoms with E-state index >= 15 is 0 Å². The SMILES string of the molecule is Cc1onc(-c2ccccc2)c1-c1[nH]nc2c1Cc1c(Br)cccc1-2. The van der Waals surface area contributed by atoms with Gasteiger partial charge in [0.25, 0.3) is 0 Å². The number of aryl methyl sites for hydroxylation is 1. The molecule has 2 aromatic carbocycles. The minimum Gasteiger partial charge on any atom is -0.360 e. The van der Waals surface area contributed by atoms with E-state index in [1.165, 1.54) is 16.7 Å². The number of fused-ring (bicyclic) bond motifs is 3. The molecule has 25 heavy (non-hydrogen) atoms. The predicted molar refractivity (Wildman–Crippen MR) is 100 cm³/mol. The van der Waals surface area contributed by atoms with Gasteiger partial charge in [0.2, 0.25) is 0 Å². The Labute approximate surface area is 153 Å². The molecule has 5 heteroatoms. The second kappa shape index (κ2) is 5.43. The molecule has 0 atom stereocenters. The van der Waals surface area contributed by atoms with Crippen LogP contribution in [0.3, 0.4) is 0 Å². The Hall–Kier alpha value is -2.66. The number of aromatic amines is 1. The second-order valence-electron chi connectivity index (χ2n) is 6.20. The highest BCUT2D eigenvalue weighted by atomic mass is 79.9. The summed E-state index contributed by atoms with van der Waals surface area (Å²) in [4.78, 5) is 0. The molecule has 1 aliphatic rings. The molecule has 1 aliphatic carbocycles. The summed E-state index contributed by atoms with van der Waals surface area (Å²) in [5.74, 6) is 0.792. The quantitative estimate of drug-likeness (QED) is 0.439. The zero-order chi connectivity index (χ0) is 17.0. The summed E-state index contributed by atoms with van der Waals surface area (Å²) in [7, 11) is 0. The first-order valence-corrected chi connectivity index (χ1v) is 8.90. The highest BCUT2D eigenvalue weighted by Crippen LogP contribution is 2.45. The number of hydrogen-bond donors (Lipinski definition) is 1. The van der Waals surface area contributed by atoms with Crippen LogP contribution in [0.5, 0.6) is 0 Å². The molecule has 0 aliphatic heterocycles. The Morgan fingerprint density at radius 1 is 1.00 bits per heavy atom. The lowest BCUT2D eigenvalue weighted by molar-refractivity contribution is 0.400. The molecule has 5 rings (SSSR count). The Bertz CT molecular complexity index is 1100. The van der Waals surface area contributed by atoms with Gasteiger partial charge in [0, 0.05) is 27.6 Å². The van der Waals surface area contributed by atoms with Gasteiger partial charge in [-0.1, -0.05) is 63.6 Å². The maximum absolute atomic E-state index is 5.53. The van der Waals surface area contributed by atoms with E-state index in [1.807, 2.05) is 43.3 Å². The normalized spacial score (nSPS) is 12.2. The zero-order valence-electron chi connectivity index (χ0n) is 13.5. The summed E-state index contributed by atoms with van der Waals surface area (Å²) in [5, 5.41) is 12.1. The molecule has 0 radical (unpaired) electrons. The highest BCUT2D eigenvalue weighted by molar-refractivity contribution is 9.10. The number of halogens is 1. The number of benzene rings is 2. The second-order valence-corrected chi connectivity index (χ2v) is 7.05. The lowest BCUT2D eigenvalue weighted by atomic mass is 10.00. The fourth-order valence-corrected chi connectivity index (χ4v) is 4.07. The first-order chi connectivity index (χ1) is 12.2. The lowest BCUT2D eigenvalue weighted by Gasteiger charge is -2.04. The van der Waals surface area contributed by atoms with Crippen molar-refractivity contribution in [2.75, 3.05) is 0 Å². The van der Waals surface area contributed by atoms with Crippen LogP contribution in [0.4, 0.5) is 0 Å². The summed E-state index contributed by atoms with van der Waals surface area (Å²) >= 11 is 3.66. The fourth-order valence-electron chi connectivity index (χ4n) is 3.56. The largest absolute Gasteiger partial charge is 0.360 e. The Morgan fingerprint density at radius 3 is 2.68 bits per heavy atom. The van der Waals surface area contributed by atoms with E-state index in [0.717, 1.165) is 44.9 Å². The molecule has 0 fully saturated rings. The van der Waals surface area contributed by atoms with Crippen molar-refractivity contribution in [2.45, 2.75) is 13.3 Å². The first kappa shape index (κ1) is 14.7. The Morgan fingerprint density at radius 2 is 1.84 bits per heavy atom. The molecular weight excluding hydrogens is 378 g/mol. The summed E-state index contributed by atoms with van der Waals surface area (Å²) in [6, 6.07) is 16.3. The molecule has 1 N–H and O–H groups in total. The van der Waals surface area contributed by atoms with Gasteiger partial charge in [0.1, 0.15) is 11.5 Å². The maximum Gasteiger partial charge on any atom is 0.143 e. The van der Waals surface area contributed by atoms with Crippen LogP contribution >= 0.6 is 15.9 Å². The highest BCUT2D eigenvalue weighted by Gasteiger charge is 2.29. The molecular formula is C20H14BrN3O. The van der Waals surface area contributed by atoms with Crippen LogP contribution in [0, 0.1) is 6.92 Å². The van der Waals surface area contributed by atoms with Crippen molar-refractivity contribution >= 4 is 15.9 Å². The summed E-state index contributed by atoms with van der Waals surface area (Å²) in [5.41, 5.74) is 8.55. The predicted octanol–water partition coefficient (Wildman–Crippen LogP) is 5.37. The average molecular weight is 392 g/mol. The van der Waals surface area contributed by atoms with E-state index in [9.17, 15) is 0 Å². The Kier molecular flexibility index (Phi) is 3.18. The molecule has 0 amide bonds. The molecule has 2 heterocycles. The molecule has 4 nitrogen and oxygen atoms in total. The van der Waals surface area contributed by atoms with Gasteiger partial charge in [-0.15, -0.1) is 0 Å². The van der Waals surface area contributed by atoms with E-state index in [-0.39, 0.29) is 0 Å². The smallest absolute Gasteiger partial charge is 0.143 e. The number of nitrogens with one attached hydrogen (secondary N) is 1. The van der Waals surface area contributed by atoms with Crippen LogP contribution < -0.4 is 0 Å². The third kappa shape index (κ3) is 2.12. The van der Waals surface area contributed by atoms with Gasteiger partial charge in [-0.3, -0.25) is 5.10 Å². The third-order valence-corrected chi connectivity index (χ3v) is 5.50. The van der Waals surface area contributed by atoms with Crippen molar-refractivity contribution in [3.05, 3.63) is 69.9 Å². The first-order valence-electron chi connectivity index (χ1n) is 8.11. The van der Waals surface area contributed by atoms with Crippen molar-refractivity contribution in [1.29, 1.82) is 0 Å². The van der Waals surface area contributed by atoms with Crippen molar-refractivity contribution in [1.82, 2.24) is 15.4 Å². The van der Waals surface area contributed by atoms with Crippen LogP contribution in [-0.2, 0) is 6.42 Å². The monoisotopic (exact) mass is 391 g/mol. The van der Waals surface area contributed by atoms with Crippen LogP contribution in [0.1, 0.15) is 16.9 Å². The van der Waals surface area contributed by atoms with Gasteiger partial charge in [0.15, 0.2) is 0 Å². The maximum atomic E-state index is 5.53. The van der Waals surface area contributed by atoms with Crippen LogP contribution in [0.15, 0.2) is 57.5 Å². The molecule has 0 unspecified atom stereocenters. The van der Waals surface area contributed by atoms with Gasteiger partial charge in [-0.05, 0) is 18.6 Å². The summed E-state index contributed by atoms with van der Waals surface area (Å²) in [6.07, 6.45) is 0.844. The number of nitrogens with zero attached hydrogens (tertiary/aromatic N) is 2. The van der Waals surface area contributed by atoms with Crippen LogP contribution in [0.25, 0.3) is 33.8 Å². The van der Waals surface area contributed by atoms with Crippen molar-refractivity contribution in [2.24, 2.45) is 0 Å². The van der Waals surface area contributed by atoms with E-state index in [4.69, 9.17) is 4.52 Å². The van der Waals surface area contributed by atoms with Crippen LogP contribution in [0.2, 0.25) is 0 Å². The summed E-state index contributed by atoms with van der Waals surface area (Å²) in [6.45, 7) is 1.94. The molecule has 0 spiro atoms. The molecule has 2 aromatic heterocycles. The number of rotatable bonds is 2. The van der Waals surface area contributed by atoms with Gasteiger partial charge in [-0.25, -0.2) is 0 Å². The minimum atomic E-state index is 0.792.